The minimum Gasteiger partial charge on any atom is -0.446 e. The van der Waals surface area contributed by atoms with E-state index in [-0.39, 0.29) is 17.8 Å². The molecule has 0 saturated carbocycles. The van der Waals surface area contributed by atoms with Gasteiger partial charge in [0.2, 0.25) is 0 Å². The van der Waals surface area contributed by atoms with Crippen LogP contribution in [0.2, 0.25) is 0 Å². The van der Waals surface area contributed by atoms with Crippen molar-refractivity contribution in [3.63, 3.8) is 0 Å². The average Bonchev–Trinajstić information content (AvgIpc) is 2.93. The van der Waals surface area contributed by atoms with Gasteiger partial charge in [0.05, 0.1) is 5.57 Å². The van der Waals surface area contributed by atoms with Crippen LogP contribution in [-0.2, 0) is 9.59 Å². The highest BCUT2D eigenvalue weighted by Gasteiger charge is 2.23. The summed E-state index contributed by atoms with van der Waals surface area (Å²) in [6, 6.07) is 13.1. The number of nitrogens with one attached hydrogen (secondary N) is 1. The number of carbonyl (C=O) groups is 2. The van der Waals surface area contributed by atoms with Crippen molar-refractivity contribution >= 4 is 23.1 Å². The van der Waals surface area contributed by atoms with Crippen molar-refractivity contribution in [3.8, 4) is 0 Å². The van der Waals surface area contributed by atoms with Gasteiger partial charge in [0.25, 0.3) is 5.91 Å². The molecule has 0 unspecified atom stereocenters. The van der Waals surface area contributed by atoms with E-state index in [1.54, 1.807) is 25.1 Å². The highest BCUT2D eigenvalue weighted by atomic mass is 16.4. The summed E-state index contributed by atoms with van der Waals surface area (Å²) in [5.74, 6) is 0.407. The van der Waals surface area contributed by atoms with E-state index in [9.17, 15) is 9.59 Å². The maximum absolute atomic E-state index is 12.2. The number of ketones is 1. The standard InChI is InChI=1S/C18H15NO3/c1-12-7-10-17(22-12)19-18(21)15-9-8-14(11-16(15)20)13-5-3-2-4-6-13/h2-10H,11H2,1H3,(H,19,21). The number of allylic oxidation sites excluding steroid dienone is 3. The Bertz CT molecular complexity index is 782. The van der Waals surface area contributed by atoms with Crippen LogP contribution < -0.4 is 5.32 Å². The SMILES string of the molecule is Cc1ccc(NC(=O)C2=CC=C(c3ccccc3)CC2=O)o1. The van der Waals surface area contributed by atoms with Crippen LogP contribution in [0.5, 0.6) is 0 Å². The third kappa shape index (κ3) is 2.91. The summed E-state index contributed by atoms with van der Waals surface area (Å²) in [6.45, 7) is 1.79. The zero-order valence-electron chi connectivity index (χ0n) is 12.1. The van der Waals surface area contributed by atoms with Gasteiger partial charge in [-0.2, -0.15) is 0 Å². The Hall–Kier alpha value is -2.88. The normalized spacial score (nSPS) is 14.3. The Morgan fingerprint density at radius 3 is 2.50 bits per heavy atom. The summed E-state index contributed by atoms with van der Waals surface area (Å²) in [7, 11) is 0. The maximum atomic E-state index is 12.2. The number of aryl methyl sites for hydroxylation is 1. The first-order valence-corrected chi connectivity index (χ1v) is 7.01. The second kappa shape index (κ2) is 5.85. The van der Waals surface area contributed by atoms with Gasteiger partial charge in [-0.3, -0.25) is 14.9 Å². The number of benzene rings is 1. The maximum Gasteiger partial charge on any atom is 0.261 e. The fourth-order valence-corrected chi connectivity index (χ4v) is 2.34. The molecule has 22 heavy (non-hydrogen) atoms. The van der Waals surface area contributed by atoms with Crippen LogP contribution in [0.15, 0.2) is 64.6 Å². The summed E-state index contributed by atoms with van der Waals surface area (Å²) in [6.07, 6.45) is 3.61. The van der Waals surface area contributed by atoms with Crippen LogP contribution in [0.4, 0.5) is 5.88 Å². The molecule has 110 valence electrons. The number of hydrogen-bond acceptors (Lipinski definition) is 3. The van der Waals surface area contributed by atoms with Crippen molar-refractivity contribution in [2.24, 2.45) is 0 Å². The largest absolute Gasteiger partial charge is 0.446 e. The lowest BCUT2D eigenvalue weighted by molar-refractivity contribution is -0.119. The molecule has 1 aromatic carbocycles. The van der Waals surface area contributed by atoms with Gasteiger partial charge in [-0.05, 0) is 30.2 Å². The van der Waals surface area contributed by atoms with Crippen molar-refractivity contribution < 1.29 is 14.0 Å². The second-order valence-electron chi connectivity index (χ2n) is 5.10. The van der Waals surface area contributed by atoms with E-state index < -0.39 is 5.91 Å². The Morgan fingerprint density at radius 1 is 1.09 bits per heavy atom. The van der Waals surface area contributed by atoms with Crippen LogP contribution in [0.3, 0.4) is 0 Å². The molecule has 0 fully saturated rings. The number of anilines is 1. The predicted octanol–water partition coefficient (Wildman–Crippen LogP) is 3.51. The molecule has 1 heterocycles. The smallest absolute Gasteiger partial charge is 0.261 e. The molecular weight excluding hydrogens is 278 g/mol. The molecule has 4 nitrogen and oxygen atoms in total. The Balaban J connectivity index is 1.79. The van der Waals surface area contributed by atoms with Crippen LogP contribution in [0, 0.1) is 6.92 Å². The topological polar surface area (TPSA) is 59.3 Å². The van der Waals surface area contributed by atoms with Gasteiger partial charge in [0.1, 0.15) is 5.76 Å². The van der Waals surface area contributed by atoms with E-state index in [4.69, 9.17) is 4.42 Å². The van der Waals surface area contributed by atoms with Gasteiger partial charge in [-0.1, -0.05) is 36.4 Å². The number of hydrogen-bond donors (Lipinski definition) is 1. The van der Waals surface area contributed by atoms with E-state index in [0.29, 0.717) is 11.6 Å². The van der Waals surface area contributed by atoms with Crippen molar-refractivity contribution in [3.05, 3.63) is 71.5 Å². The predicted molar refractivity (Wildman–Crippen MR) is 84.2 cm³/mol. The zero-order valence-corrected chi connectivity index (χ0v) is 12.1. The third-order valence-electron chi connectivity index (χ3n) is 3.47. The molecule has 1 N–H and O–H groups in total. The Kier molecular flexibility index (Phi) is 3.74. The van der Waals surface area contributed by atoms with Crippen molar-refractivity contribution in [2.75, 3.05) is 5.32 Å². The number of rotatable bonds is 3. The van der Waals surface area contributed by atoms with E-state index in [1.165, 1.54) is 0 Å². The molecule has 0 atom stereocenters. The second-order valence-corrected chi connectivity index (χ2v) is 5.10. The first-order chi connectivity index (χ1) is 10.6. The summed E-state index contributed by atoms with van der Waals surface area (Å²) < 4.78 is 5.28. The minimum atomic E-state index is -0.442. The molecule has 1 aromatic heterocycles. The van der Waals surface area contributed by atoms with Gasteiger partial charge in [-0.15, -0.1) is 0 Å². The number of amides is 1. The van der Waals surface area contributed by atoms with E-state index in [1.807, 2.05) is 36.4 Å². The molecule has 0 bridgehead atoms. The average molecular weight is 293 g/mol. The molecule has 1 amide bonds. The zero-order chi connectivity index (χ0) is 15.5. The minimum absolute atomic E-state index is 0.147. The number of carbonyl (C=O) groups excluding carboxylic acids is 2. The quantitative estimate of drug-likeness (QED) is 0.881. The van der Waals surface area contributed by atoms with E-state index >= 15 is 0 Å². The summed E-state index contributed by atoms with van der Waals surface area (Å²) in [4.78, 5) is 24.4. The summed E-state index contributed by atoms with van der Waals surface area (Å²) in [5, 5.41) is 2.59. The van der Waals surface area contributed by atoms with Crippen LogP contribution in [0.25, 0.3) is 5.57 Å². The highest BCUT2D eigenvalue weighted by Crippen LogP contribution is 2.25. The molecule has 2 aromatic rings. The van der Waals surface area contributed by atoms with Crippen molar-refractivity contribution in [1.82, 2.24) is 0 Å². The lowest BCUT2D eigenvalue weighted by Gasteiger charge is -2.13. The fourth-order valence-electron chi connectivity index (χ4n) is 2.34. The summed E-state index contributed by atoms with van der Waals surface area (Å²) in [5.41, 5.74) is 2.05. The first-order valence-electron chi connectivity index (χ1n) is 7.01. The molecule has 4 heteroatoms. The van der Waals surface area contributed by atoms with Gasteiger partial charge < -0.3 is 4.42 Å². The fraction of sp³-hybridized carbons (Fsp3) is 0.111. The molecule has 0 aliphatic heterocycles. The molecular formula is C18H15NO3. The van der Waals surface area contributed by atoms with Gasteiger partial charge in [0.15, 0.2) is 11.7 Å². The molecule has 1 aliphatic carbocycles. The van der Waals surface area contributed by atoms with Gasteiger partial charge in [0, 0.05) is 12.5 Å². The van der Waals surface area contributed by atoms with E-state index in [0.717, 1.165) is 11.1 Å². The molecule has 0 radical (unpaired) electrons. The van der Waals surface area contributed by atoms with Crippen molar-refractivity contribution in [1.29, 1.82) is 0 Å². The number of Topliss-reactive ketones (excluding diaryl/α,β-unsaturated/α-hetero) is 1. The first kappa shape index (κ1) is 14.1. The van der Waals surface area contributed by atoms with Crippen LogP contribution in [0.1, 0.15) is 17.7 Å². The molecule has 0 saturated heterocycles. The number of furan rings is 1. The monoisotopic (exact) mass is 293 g/mol. The highest BCUT2D eigenvalue weighted by molar-refractivity contribution is 6.26. The third-order valence-corrected chi connectivity index (χ3v) is 3.47. The van der Waals surface area contributed by atoms with E-state index in [2.05, 4.69) is 5.32 Å². The van der Waals surface area contributed by atoms with Crippen molar-refractivity contribution in [2.45, 2.75) is 13.3 Å². The molecule has 1 aliphatic rings. The molecule has 0 spiro atoms. The Labute approximate surface area is 128 Å². The Morgan fingerprint density at radius 2 is 1.86 bits per heavy atom. The summed E-state index contributed by atoms with van der Waals surface area (Å²) >= 11 is 0. The molecule has 3 rings (SSSR count). The van der Waals surface area contributed by atoms with Crippen LogP contribution >= 0.6 is 0 Å². The lowest BCUT2D eigenvalue weighted by Crippen LogP contribution is -2.22. The van der Waals surface area contributed by atoms with Crippen LogP contribution in [-0.4, -0.2) is 11.7 Å². The van der Waals surface area contributed by atoms with Gasteiger partial charge >= 0.3 is 0 Å². The van der Waals surface area contributed by atoms with Gasteiger partial charge in [-0.25, -0.2) is 0 Å². The lowest BCUT2D eigenvalue weighted by atomic mass is 9.92.